The summed E-state index contributed by atoms with van der Waals surface area (Å²) >= 11 is 0. The van der Waals surface area contributed by atoms with E-state index in [-0.39, 0.29) is 11.8 Å². The van der Waals surface area contributed by atoms with E-state index in [2.05, 4.69) is 19.2 Å². The van der Waals surface area contributed by atoms with E-state index in [1.54, 1.807) is 0 Å². The van der Waals surface area contributed by atoms with Gasteiger partial charge in [-0.3, -0.25) is 9.59 Å². The summed E-state index contributed by atoms with van der Waals surface area (Å²) in [5.41, 5.74) is 2.98. The van der Waals surface area contributed by atoms with Crippen LogP contribution in [-0.2, 0) is 16.0 Å². The van der Waals surface area contributed by atoms with Gasteiger partial charge in [0.15, 0.2) is 0 Å². The lowest BCUT2D eigenvalue weighted by atomic mass is 9.99. The highest BCUT2D eigenvalue weighted by Crippen LogP contribution is 2.31. The summed E-state index contributed by atoms with van der Waals surface area (Å²) in [4.78, 5) is 26.0. The maximum Gasteiger partial charge on any atom is 0.227 e. The maximum atomic E-state index is 12.2. The number of hydrogen-bond donors (Lipinski definition) is 1. The molecule has 0 saturated carbocycles. The first-order valence-corrected chi connectivity index (χ1v) is 8.60. The number of carbonyl (C=O) groups excluding carboxylic acids is 2. The van der Waals surface area contributed by atoms with E-state index in [0.717, 1.165) is 36.3 Å². The molecule has 0 fully saturated rings. The Morgan fingerprint density at radius 2 is 1.91 bits per heavy atom. The number of carbonyl (C=O) groups is 2. The van der Waals surface area contributed by atoms with Crippen LogP contribution in [0.3, 0.4) is 0 Å². The highest BCUT2D eigenvalue weighted by Gasteiger charge is 2.24. The summed E-state index contributed by atoms with van der Waals surface area (Å²) in [7, 11) is 0. The Hall–Kier alpha value is -1.84. The van der Waals surface area contributed by atoms with Gasteiger partial charge in [-0.25, -0.2) is 0 Å². The smallest absolute Gasteiger partial charge is 0.227 e. The van der Waals surface area contributed by atoms with Gasteiger partial charge in [0.2, 0.25) is 11.8 Å². The molecule has 2 rings (SSSR count). The molecule has 4 heteroatoms. The van der Waals surface area contributed by atoms with Crippen molar-refractivity contribution >= 4 is 23.2 Å². The molecular weight excluding hydrogens is 288 g/mol. The predicted octanol–water partition coefficient (Wildman–Crippen LogP) is 4.00. The third-order valence-corrected chi connectivity index (χ3v) is 4.09. The second-order valence-electron chi connectivity index (χ2n) is 7.22. The molecule has 1 aliphatic heterocycles. The number of nitrogens with zero attached hydrogens (tertiary/aromatic N) is 1. The van der Waals surface area contributed by atoms with Crippen LogP contribution in [0.1, 0.15) is 52.5 Å². The van der Waals surface area contributed by atoms with Crippen molar-refractivity contribution in [3.63, 3.8) is 0 Å². The normalized spacial score (nSPS) is 14.3. The van der Waals surface area contributed by atoms with Crippen LogP contribution in [0.2, 0.25) is 0 Å². The zero-order chi connectivity index (χ0) is 17.0. The van der Waals surface area contributed by atoms with Crippen molar-refractivity contribution in [2.45, 2.75) is 53.4 Å². The molecule has 0 aromatic heterocycles. The molecule has 1 aromatic carbocycles. The minimum atomic E-state index is 0.0449. The standard InChI is InChI=1S/C19H28N2O2/c1-13(2)9-10-21-17-7-6-16(20-18(22)11-14(3)4)12-15(17)5-8-19(21)23/h6-7,12-14H,5,8-11H2,1-4H3,(H,20,22). The SMILES string of the molecule is CC(C)CCN1C(=O)CCc2cc(NC(=O)CC(C)C)ccc21. The van der Waals surface area contributed by atoms with Crippen LogP contribution in [0.15, 0.2) is 18.2 Å². The number of nitrogens with one attached hydrogen (secondary N) is 1. The largest absolute Gasteiger partial charge is 0.326 e. The van der Waals surface area contributed by atoms with Gasteiger partial charge < -0.3 is 10.2 Å². The number of fused-ring (bicyclic) bond motifs is 1. The fraction of sp³-hybridized carbons (Fsp3) is 0.579. The zero-order valence-electron chi connectivity index (χ0n) is 14.7. The lowest BCUT2D eigenvalue weighted by Gasteiger charge is -2.30. The monoisotopic (exact) mass is 316 g/mol. The molecule has 126 valence electrons. The lowest BCUT2D eigenvalue weighted by Crippen LogP contribution is -2.36. The van der Waals surface area contributed by atoms with Gasteiger partial charge in [-0.2, -0.15) is 0 Å². The second-order valence-corrected chi connectivity index (χ2v) is 7.22. The van der Waals surface area contributed by atoms with Crippen molar-refractivity contribution in [1.82, 2.24) is 0 Å². The van der Waals surface area contributed by atoms with E-state index in [0.29, 0.717) is 24.7 Å². The lowest BCUT2D eigenvalue weighted by molar-refractivity contribution is -0.119. The Morgan fingerprint density at radius 1 is 1.17 bits per heavy atom. The van der Waals surface area contributed by atoms with Crippen molar-refractivity contribution in [1.29, 1.82) is 0 Å². The third kappa shape index (κ3) is 4.81. The zero-order valence-corrected chi connectivity index (χ0v) is 14.7. The molecule has 0 aliphatic carbocycles. The van der Waals surface area contributed by atoms with Crippen LogP contribution in [-0.4, -0.2) is 18.4 Å². The van der Waals surface area contributed by atoms with Crippen molar-refractivity contribution in [3.05, 3.63) is 23.8 Å². The van der Waals surface area contributed by atoms with E-state index in [1.165, 1.54) is 0 Å². The van der Waals surface area contributed by atoms with Gasteiger partial charge in [-0.15, -0.1) is 0 Å². The Labute approximate surface area is 139 Å². The Bertz CT molecular complexity index is 579. The first-order chi connectivity index (χ1) is 10.9. The molecule has 4 nitrogen and oxygen atoms in total. The highest BCUT2D eigenvalue weighted by molar-refractivity contribution is 5.97. The number of aryl methyl sites for hydroxylation is 1. The molecule has 0 bridgehead atoms. The van der Waals surface area contributed by atoms with Gasteiger partial charge in [-0.05, 0) is 48.4 Å². The van der Waals surface area contributed by atoms with Gasteiger partial charge in [-0.1, -0.05) is 27.7 Å². The first-order valence-electron chi connectivity index (χ1n) is 8.60. The molecule has 1 N–H and O–H groups in total. The molecular formula is C19H28N2O2. The number of benzene rings is 1. The maximum absolute atomic E-state index is 12.2. The number of rotatable bonds is 6. The molecule has 0 spiro atoms. The van der Waals surface area contributed by atoms with Crippen molar-refractivity contribution in [2.75, 3.05) is 16.8 Å². The van der Waals surface area contributed by atoms with Gasteiger partial charge in [0.1, 0.15) is 0 Å². The van der Waals surface area contributed by atoms with Gasteiger partial charge in [0, 0.05) is 30.8 Å². The van der Waals surface area contributed by atoms with E-state index in [9.17, 15) is 9.59 Å². The molecule has 0 unspecified atom stereocenters. The van der Waals surface area contributed by atoms with Crippen molar-refractivity contribution in [2.24, 2.45) is 11.8 Å². The Kier molecular flexibility index (Phi) is 5.80. The van der Waals surface area contributed by atoms with Crippen LogP contribution in [0.5, 0.6) is 0 Å². The molecule has 1 aromatic rings. The Morgan fingerprint density at radius 3 is 2.57 bits per heavy atom. The number of hydrogen-bond acceptors (Lipinski definition) is 2. The minimum Gasteiger partial charge on any atom is -0.326 e. The van der Waals surface area contributed by atoms with Crippen LogP contribution < -0.4 is 10.2 Å². The quantitative estimate of drug-likeness (QED) is 0.862. The van der Waals surface area contributed by atoms with Crippen LogP contribution in [0.25, 0.3) is 0 Å². The summed E-state index contributed by atoms with van der Waals surface area (Å²) in [6.45, 7) is 9.17. The van der Waals surface area contributed by atoms with Gasteiger partial charge >= 0.3 is 0 Å². The molecule has 2 amide bonds. The second kappa shape index (κ2) is 7.62. The Balaban J connectivity index is 2.13. The molecule has 0 saturated heterocycles. The van der Waals surface area contributed by atoms with E-state index in [1.807, 2.05) is 36.9 Å². The molecule has 1 heterocycles. The van der Waals surface area contributed by atoms with Crippen LogP contribution in [0.4, 0.5) is 11.4 Å². The third-order valence-electron chi connectivity index (χ3n) is 4.09. The molecule has 0 atom stereocenters. The number of anilines is 2. The van der Waals surface area contributed by atoms with E-state index in [4.69, 9.17) is 0 Å². The predicted molar refractivity (Wildman–Crippen MR) is 94.7 cm³/mol. The average molecular weight is 316 g/mol. The highest BCUT2D eigenvalue weighted by atomic mass is 16.2. The summed E-state index contributed by atoms with van der Waals surface area (Å²) in [5, 5.41) is 2.96. The minimum absolute atomic E-state index is 0.0449. The summed E-state index contributed by atoms with van der Waals surface area (Å²) < 4.78 is 0. The molecule has 1 aliphatic rings. The summed E-state index contributed by atoms with van der Waals surface area (Å²) in [5.74, 6) is 1.16. The first kappa shape index (κ1) is 17.5. The summed E-state index contributed by atoms with van der Waals surface area (Å²) in [6.07, 6.45) is 2.82. The van der Waals surface area contributed by atoms with Crippen LogP contribution >= 0.6 is 0 Å². The van der Waals surface area contributed by atoms with Crippen LogP contribution in [0, 0.1) is 11.8 Å². The van der Waals surface area contributed by atoms with Gasteiger partial charge in [0.25, 0.3) is 0 Å². The van der Waals surface area contributed by atoms with E-state index < -0.39 is 0 Å². The van der Waals surface area contributed by atoms with Crippen molar-refractivity contribution in [3.8, 4) is 0 Å². The summed E-state index contributed by atoms with van der Waals surface area (Å²) in [6, 6.07) is 5.89. The van der Waals surface area contributed by atoms with Crippen molar-refractivity contribution < 1.29 is 9.59 Å². The average Bonchev–Trinajstić information content (AvgIpc) is 2.45. The van der Waals surface area contributed by atoms with E-state index >= 15 is 0 Å². The van der Waals surface area contributed by atoms with Gasteiger partial charge in [0.05, 0.1) is 0 Å². The number of amides is 2. The fourth-order valence-electron chi connectivity index (χ4n) is 2.85. The molecule has 23 heavy (non-hydrogen) atoms. The fourth-order valence-corrected chi connectivity index (χ4v) is 2.85. The topological polar surface area (TPSA) is 49.4 Å². The molecule has 0 radical (unpaired) electrons.